The van der Waals surface area contributed by atoms with Gasteiger partial charge in [0.2, 0.25) is 0 Å². The average Bonchev–Trinajstić information content (AvgIpc) is 2.15. The molecule has 0 radical (unpaired) electrons. The summed E-state index contributed by atoms with van der Waals surface area (Å²) < 4.78 is 0. The Bertz CT molecular complexity index is 288. The lowest BCUT2D eigenvalue weighted by atomic mass is 10.2. The maximum Gasteiger partial charge on any atom is 0.101 e. The average molecular weight is 161 g/mol. The van der Waals surface area contributed by atoms with Gasteiger partial charge in [-0.15, -0.1) is 0 Å². The Morgan fingerprint density at radius 3 is 3.17 bits per heavy atom. The number of nitrogens with one attached hydrogen (secondary N) is 1. The molecule has 1 aromatic rings. The molecular weight excluding hydrogens is 150 g/mol. The summed E-state index contributed by atoms with van der Waals surface area (Å²) in [5, 5.41) is 11.8. The summed E-state index contributed by atoms with van der Waals surface area (Å²) in [6.07, 6.45) is 4.34. The van der Waals surface area contributed by atoms with Crippen molar-refractivity contribution < 1.29 is 0 Å². The van der Waals surface area contributed by atoms with Crippen molar-refractivity contribution in [3.8, 4) is 6.07 Å². The third-order valence-corrected chi connectivity index (χ3v) is 1.51. The molecule has 3 nitrogen and oxygen atoms in total. The smallest absolute Gasteiger partial charge is 0.101 e. The van der Waals surface area contributed by atoms with Crippen LogP contribution in [0.25, 0.3) is 0 Å². The molecule has 3 heteroatoms. The van der Waals surface area contributed by atoms with Crippen LogP contribution in [0.1, 0.15) is 18.9 Å². The first kappa shape index (κ1) is 8.54. The highest BCUT2D eigenvalue weighted by molar-refractivity contribution is 5.55. The fraction of sp³-hybridized carbons (Fsp3) is 0.333. The Kier molecular flexibility index (Phi) is 3.09. The summed E-state index contributed by atoms with van der Waals surface area (Å²) in [5.74, 6) is 0. The number of nitriles is 1. The summed E-state index contributed by atoms with van der Waals surface area (Å²) in [7, 11) is 0. The molecular formula is C9H11N3. The number of hydrogen-bond donors (Lipinski definition) is 1. The zero-order chi connectivity index (χ0) is 8.81. The quantitative estimate of drug-likeness (QED) is 0.735. The molecule has 0 aliphatic heterocycles. The van der Waals surface area contributed by atoms with Gasteiger partial charge in [-0.05, 0) is 12.5 Å². The monoisotopic (exact) mass is 161 g/mol. The van der Waals surface area contributed by atoms with Crippen LogP contribution in [0.4, 0.5) is 5.69 Å². The minimum Gasteiger partial charge on any atom is -0.383 e. The van der Waals surface area contributed by atoms with E-state index in [-0.39, 0.29) is 0 Å². The second-order valence-corrected chi connectivity index (χ2v) is 2.46. The third-order valence-electron chi connectivity index (χ3n) is 1.51. The maximum absolute atomic E-state index is 8.70. The van der Waals surface area contributed by atoms with Crippen molar-refractivity contribution in [1.29, 1.82) is 5.26 Å². The van der Waals surface area contributed by atoms with Gasteiger partial charge in [-0.1, -0.05) is 6.92 Å². The molecule has 1 N–H and O–H groups in total. The zero-order valence-electron chi connectivity index (χ0n) is 7.04. The Labute approximate surface area is 72.1 Å². The Morgan fingerprint density at radius 1 is 1.67 bits per heavy atom. The molecule has 0 fully saturated rings. The van der Waals surface area contributed by atoms with Gasteiger partial charge in [-0.2, -0.15) is 5.26 Å². The van der Waals surface area contributed by atoms with Crippen molar-refractivity contribution in [2.75, 3.05) is 11.9 Å². The summed E-state index contributed by atoms with van der Waals surface area (Å²) in [4.78, 5) is 3.93. The predicted octanol–water partition coefficient (Wildman–Crippen LogP) is 1.78. The topological polar surface area (TPSA) is 48.7 Å². The van der Waals surface area contributed by atoms with Gasteiger partial charge in [0.25, 0.3) is 0 Å². The molecule has 1 heterocycles. The SMILES string of the molecule is CCCNc1cnccc1C#N. The molecule has 1 aromatic heterocycles. The molecule has 62 valence electrons. The first-order valence-electron chi connectivity index (χ1n) is 3.96. The second kappa shape index (κ2) is 4.35. The fourth-order valence-electron chi connectivity index (χ4n) is 0.892. The van der Waals surface area contributed by atoms with Gasteiger partial charge in [0.1, 0.15) is 6.07 Å². The van der Waals surface area contributed by atoms with Crippen LogP contribution in [0.3, 0.4) is 0 Å². The van der Waals surface area contributed by atoms with E-state index >= 15 is 0 Å². The normalized spacial score (nSPS) is 9.00. The third kappa shape index (κ3) is 1.96. The summed E-state index contributed by atoms with van der Waals surface area (Å²) >= 11 is 0. The molecule has 0 aromatic carbocycles. The second-order valence-electron chi connectivity index (χ2n) is 2.46. The van der Waals surface area contributed by atoms with Crippen molar-refractivity contribution in [2.45, 2.75) is 13.3 Å². The lowest BCUT2D eigenvalue weighted by Crippen LogP contribution is -2.01. The number of nitrogens with zero attached hydrogens (tertiary/aromatic N) is 2. The first-order valence-corrected chi connectivity index (χ1v) is 3.96. The molecule has 0 amide bonds. The van der Waals surface area contributed by atoms with Gasteiger partial charge < -0.3 is 5.32 Å². The number of rotatable bonds is 3. The van der Waals surface area contributed by atoms with Crippen LogP contribution < -0.4 is 5.32 Å². The lowest BCUT2D eigenvalue weighted by molar-refractivity contribution is 0.976. The number of anilines is 1. The van der Waals surface area contributed by atoms with Crippen LogP contribution in [0.5, 0.6) is 0 Å². The van der Waals surface area contributed by atoms with Crippen LogP contribution in [0, 0.1) is 11.3 Å². The van der Waals surface area contributed by atoms with Crippen molar-refractivity contribution in [1.82, 2.24) is 4.98 Å². The van der Waals surface area contributed by atoms with Crippen LogP contribution in [-0.2, 0) is 0 Å². The van der Waals surface area contributed by atoms with E-state index in [0.29, 0.717) is 5.56 Å². The van der Waals surface area contributed by atoms with E-state index in [2.05, 4.69) is 23.3 Å². The van der Waals surface area contributed by atoms with E-state index in [9.17, 15) is 0 Å². The maximum atomic E-state index is 8.70. The van der Waals surface area contributed by atoms with E-state index in [1.165, 1.54) is 0 Å². The van der Waals surface area contributed by atoms with E-state index in [0.717, 1.165) is 18.7 Å². The van der Waals surface area contributed by atoms with E-state index in [1.54, 1.807) is 18.5 Å². The van der Waals surface area contributed by atoms with E-state index in [1.807, 2.05) is 0 Å². The lowest BCUT2D eigenvalue weighted by Gasteiger charge is -2.04. The predicted molar refractivity (Wildman–Crippen MR) is 47.7 cm³/mol. The Hall–Kier alpha value is -1.56. The fourth-order valence-corrected chi connectivity index (χ4v) is 0.892. The number of hydrogen-bond acceptors (Lipinski definition) is 3. The summed E-state index contributed by atoms with van der Waals surface area (Å²) in [6.45, 7) is 2.95. The largest absolute Gasteiger partial charge is 0.383 e. The number of pyridine rings is 1. The van der Waals surface area contributed by atoms with Gasteiger partial charge >= 0.3 is 0 Å². The molecule has 0 saturated carbocycles. The van der Waals surface area contributed by atoms with Crippen molar-refractivity contribution in [3.63, 3.8) is 0 Å². The van der Waals surface area contributed by atoms with Gasteiger partial charge in [0.15, 0.2) is 0 Å². The molecule has 0 bridgehead atoms. The Balaban J connectivity index is 2.77. The van der Waals surface area contributed by atoms with Crippen molar-refractivity contribution in [2.24, 2.45) is 0 Å². The van der Waals surface area contributed by atoms with Gasteiger partial charge in [-0.3, -0.25) is 4.98 Å². The first-order chi connectivity index (χ1) is 5.88. The highest BCUT2D eigenvalue weighted by Gasteiger charge is 1.97. The van der Waals surface area contributed by atoms with Crippen LogP contribution >= 0.6 is 0 Å². The Morgan fingerprint density at radius 2 is 2.50 bits per heavy atom. The highest BCUT2D eigenvalue weighted by atomic mass is 14.9. The molecule has 1 rings (SSSR count). The van der Waals surface area contributed by atoms with Crippen LogP contribution in [0.2, 0.25) is 0 Å². The van der Waals surface area contributed by atoms with Crippen molar-refractivity contribution >= 4 is 5.69 Å². The number of aromatic nitrogens is 1. The minimum atomic E-state index is 0.651. The van der Waals surface area contributed by atoms with Gasteiger partial charge in [-0.25, -0.2) is 0 Å². The standard InChI is InChI=1S/C9H11N3/c1-2-4-12-9-7-11-5-3-8(9)6-10/h3,5,7,12H,2,4H2,1H3. The minimum absolute atomic E-state index is 0.651. The molecule has 0 unspecified atom stereocenters. The highest BCUT2D eigenvalue weighted by Crippen LogP contribution is 2.10. The van der Waals surface area contributed by atoms with Gasteiger partial charge in [0, 0.05) is 12.7 Å². The molecule has 0 spiro atoms. The molecule has 0 aliphatic rings. The summed E-state index contributed by atoms with van der Waals surface area (Å²) in [6, 6.07) is 3.81. The van der Waals surface area contributed by atoms with Crippen LogP contribution in [0.15, 0.2) is 18.5 Å². The zero-order valence-corrected chi connectivity index (χ0v) is 7.04. The van der Waals surface area contributed by atoms with Crippen LogP contribution in [-0.4, -0.2) is 11.5 Å². The summed E-state index contributed by atoms with van der Waals surface area (Å²) in [5.41, 5.74) is 1.47. The van der Waals surface area contributed by atoms with Gasteiger partial charge in [0.05, 0.1) is 17.4 Å². The molecule has 0 saturated heterocycles. The van der Waals surface area contributed by atoms with E-state index in [4.69, 9.17) is 5.26 Å². The molecule has 12 heavy (non-hydrogen) atoms. The molecule has 0 aliphatic carbocycles. The molecule has 0 atom stereocenters. The van der Waals surface area contributed by atoms with E-state index < -0.39 is 0 Å². The van der Waals surface area contributed by atoms with Crippen molar-refractivity contribution in [3.05, 3.63) is 24.0 Å².